The van der Waals surface area contributed by atoms with Gasteiger partial charge >= 0.3 is 0 Å². The van der Waals surface area contributed by atoms with Crippen LogP contribution in [0.15, 0.2) is 24.3 Å². The fourth-order valence-corrected chi connectivity index (χ4v) is 8.10. The summed E-state index contributed by atoms with van der Waals surface area (Å²) in [6.45, 7) is 8.82. The first kappa shape index (κ1) is 21.7. The van der Waals surface area contributed by atoms with Gasteiger partial charge < -0.3 is 10.6 Å². The number of aryl methyl sites for hydroxylation is 2. The number of hydrogen-bond donors (Lipinski definition) is 2. The molecule has 5 nitrogen and oxygen atoms in total. The molecule has 0 aromatic carbocycles. The van der Waals surface area contributed by atoms with Crippen molar-refractivity contribution in [3.8, 4) is 0 Å². The molecule has 1 aromatic rings. The predicted octanol–water partition coefficient (Wildman–Crippen LogP) is 4.94. The molecule has 3 fully saturated rings. The summed E-state index contributed by atoms with van der Waals surface area (Å²) < 4.78 is 0. The molecule has 4 aliphatic rings. The van der Waals surface area contributed by atoms with Crippen molar-refractivity contribution in [1.29, 1.82) is 0 Å². The van der Waals surface area contributed by atoms with Crippen molar-refractivity contribution in [2.75, 3.05) is 5.32 Å². The van der Waals surface area contributed by atoms with E-state index < -0.39 is 0 Å². The van der Waals surface area contributed by atoms with Gasteiger partial charge in [-0.1, -0.05) is 19.9 Å². The van der Waals surface area contributed by atoms with Gasteiger partial charge in [0.25, 0.3) is 0 Å². The van der Waals surface area contributed by atoms with Crippen LogP contribution in [-0.4, -0.2) is 22.8 Å². The van der Waals surface area contributed by atoms with Crippen LogP contribution in [0.3, 0.4) is 0 Å². The molecule has 0 radical (unpaired) electrons. The number of hydrogen-bond acceptors (Lipinski definition) is 3. The Kier molecular flexibility index (Phi) is 5.22. The number of pyridine rings is 1. The summed E-state index contributed by atoms with van der Waals surface area (Å²) in [5, 5.41) is 6.31. The summed E-state index contributed by atoms with van der Waals surface area (Å²) in [4.78, 5) is 29.4. The van der Waals surface area contributed by atoms with Crippen molar-refractivity contribution in [3.63, 3.8) is 0 Å². The lowest BCUT2D eigenvalue weighted by Gasteiger charge is -2.59. The number of amides is 2. The first-order chi connectivity index (χ1) is 15.2. The Morgan fingerprint density at radius 1 is 1.12 bits per heavy atom. The number of anilines is 1. The van der Waals surface area contributed by atoms with E-state index in [0.717, 1.165) is 24.1 Å². The van der Waals surface area contributed by atoms with Crippen LogP contribution < -0.4 is 10.6 Å². The molecule has 0 bridgehead atoms. The third-order valence-corrected chi connectivity index (χ3v) is 9.68. The van der Waals surface area contributed by atoms with Gasteiger partial charge in [0.15, 0.2) is 0 Å². The van der Waals surface area contributed by atoms with Gasteiger partial charge in [-0.2, -0.15) is 0 Å². The molecular weight excluding hydrogens is 398 g/mol. The third-order valence-electron chi connectivity index (χ3n) is 9.68. The van der Waals surface area contributed by atoms with Gasteiger partial charge in [-0.15, -0.1) is 0 Å². The Morgan fingerprint density at radius 3 is 2.72 bits per heavy atom. The van der Waals surface area contributed by atoms with Crippen LogP contribution in [0.1, 0.15) is 70.1 Å². The van der Waals surface area contributed by atoms with Crippen molar-refractivity contribution in [3.05, 3.63) is 35.5 Å². The molecule has 1 aromatic heterocycles. The predicted molar refractivity (Wildman–Crippen MR) is 126 cm³/mol. The third kappa shape index (κ3) is 3.48. The second kappa shape index (κ2) is 7.71. The van der Waals surface area contributed by atoms with Gasteiger partial charge in [0, 0.05) is 23.6 Å². The summed E-state index contributed by atoms with van der Waals surface area (Å²) in [5.74, 6) is 3.29. The van der Waals surface area contributed by atoms with E-state index in [1.54, 1.807) is 6.08 Å². The lowest BCUT2D eigenvalue weighted by atomic mass is 9.48. The van der Waals surface area contributed by atoms with Crippen LogP contribution in [-0.2, 0) is 9.59 Å². The molecule has 5 heteroatoms. The zero-order valence-electron chi connectivity index (χ0n) is 19.9. The molecule has 3 saturated carbocycles. The van der Waals surface area contributed by atoms with Crippen LogP contribution in [0.2, 0.25) is 0 Å². The lowest BCUT2D eigenvalue weighted by Crippen LogP contribution is -2.59. The molecule has 172 valence electrons. The molecule has 0 unspecified atom stereocenters. The number of carbonyl (C=O) groups excluding carboxylic acids is 2. The van der Waals surface area contributed by atoms with E-state index in [9.17, 15) is 9.59 Å². The summed E-state index contributed by atoms with van der Waals surface area (Å²) >= 11 is 0. The summed E-state index contributed by atoms with van der Waals surface area (Å²) in [7, 11) is 0. The van der Waals surface area contributed by atoms with E-state index in [0.29, 0.717) is 35.9 Å². The monoisotopic (exact) mass is 435 g/mol. The molecule has 2 heterocycles. The zero-order chi connectivity index (χ0) is 22.7. The van der Waals surface area contributed by atoms with Crippen molar-refractivity contribution in [2.45, 2.75) is 78.7 Å². The Labute approximate surface area is 191 Å². The molecule has 3 aliphatic carbocycles. The summed E-state index contributed by atoms with van der Waals surface area (Å²) in [6, 6.07) is 4.25. The second-order valence-corrected chi connectivity index (χ2v) is 11.5. The van der Waals surface area contributed by atoms with E-state index in [-0.39, 0.29) is 28.7 Å². The number of carbonyl (C=O) groups is 2. The van der Waals surface area contributed by atoms with Gasteiger partial charge in [-0.3, -0.25) is 9.59 Å². The van der Waals surface area contributed by atoms with Gasteiger partial charge in [-0.05, 0) is 105 Å². The molecule has 1 aliphatic heterocycles. The van der Waals surface area contributed by atoms with E-state index in [1.165, 1.54) is 25.7 Å². The number of fused-ring (bicyclic) bond motifs is 5. The van der Waals surface area contributed by atoms with Gasteiger partial charge in [0.2, 0.25) is 11.8 Å². The van der Waals surface area contributed by atoms with E-state index in [4.69, 9.17) is 0 Å². The van der Waals surface area contributed by atoms with E-state index >= 15 is 0 Å². The molecular formula is C27H37N3O2. The van der Waals surface area contributed by atoms with Crippen molar-refractivity contribution in [2.24, 2.45) is 34.5 Å². The topological polar surface area (TPSA) is 71.1 Å². The van der Waals surface area contributed by atoms with Crippen LogP contribution in [0.4, 0.5) is 5.82 Å². The second-order valence-electron chi connectivity index (χ2n) is 11.5. The largest absolute Gasteiger partial charge is 0.349 e. The number of rotatable bonds is 3. The fraction of sp³-hybridized carbons (Fsp3) is 0.667. The average molecular weight is 436 g/mol. The number of nitrogens with zero attached hydrogens (tertiary/aromatic N) is 1. The quantitative estimate of drug-likeness (QED) is 0.706. The van der Waals surface area contributed by atoms with Crippen LogP contribution in [0.25, 0.3) is 0 Å². The van der Waals surface area contributed by atoms with Crippen LogP contribution in [0, 0.1) is 48.3 Å². The van der Waals surface area contributed by atoms with Crippen LogP contribution >= 0.6 is 0 Å². The Hall–Kier alpha value is -2.17. The van der Waals surface area contributed by atoms with Crippen molar-refractivity contribution in [1.82, 2.24) is 10.3 Å². The first-order valence-corrected chi connectivity index (χ1v) is 12.4. The van der Waals surface area contributed by atoms with E-state index in [1.807, 2.05) is 26.0 Å². The maximum atomic E-state index is 13.0. The maximum absolute atomic E-state index is 13.0. The highest BCUT2D eigenvalue weighted by Crippen LogP contribution is 2.65. The Balaban J connectivity index is 1.30. The summed E-state index contributed by atoms with van der Waals surface area (Å²) in [6.07, 6.45) is 11.6. The molecule has 2 amide bonds. The maximum Gasteiger partial charge on any atom is 0.243 e. The first-order valence-electron chi connectivity index (χ1n) is 12.4. The minimum Gasteiger partial charge on any atom is -0.349 e. The van der Waals surface area contributed by atoms with Gasteiger partial charge in [-0.25, -0.2) is 4.98 Å². The normalized spacial score (nSPS) is 40.1. The van der Waals surface area contributed by atoms with Gasteiger partial charge in [0.05, 0.1) is 0 Å². The molecule has 7 atom stereocenters. The molecule has 5 rings (SSSR count). The SMILES string of the molecule is Cc1cc(C)nc(NC(=O)C[C@H]2CC[C@H]3[C@@H]4CC[C@H]5NC(=O)C=C[C@]5(C)[C@H]4CC[C@]23C)c1. The molecule has 2 N–H and O–H groups in total. The lowest BCUT2D eigenvalue weighted by molar-refractivity contribution is -0.123. The van der Waals surface area contributed by atoms with Crippen molar-refractivity contribution >= 4 is 17.6 Å². The fourth-order valence-electron chi connectivity index (χ4n) is 8.10. The smallest absolute Gasteiger partial charge is 0.243 e. The van der Waals surface area contributed by atoms with E-state index in [2.05, 4.69) is 35.5 Å². The number of aromatic nitrogens is 1. The minimum absolute atomic E-state index is 0.0665. The zero-order valence-corrected chi connectivity index (χ0v) is 19.9. The standard InChI is InChI=1S/C27H37N3O2/c1-16-13-17(2)28-23(14-16)30-25(32)15-18-5-7-20-19-6-8-22-27(4,12-10-24(31)29-22)21(19)9-11-26(18,20)3/h10,12-14,18-22H,5-9,11,15H2,1-4H3,(H,29,31)(H,28,30,32)/t18-,19+,20+,21+,22-,26-,27-/m1/s1. The molecule has 0 saturated heterocycles. The minimum atomic E-state index is 0.0665. The highest BCUT2D eigenvalue weighted by atomic mass is 16.2. The molecule has 32 heavy (non-hydrogen) atoms. The highest BCUT2D eigenvalue weighted by Gasteiger charge is 2.59. The average Bonchev–Trinajstić information content (AvgIpc) is 3.04. The van der Waals surface area contributed by atoms with Gasteiger partial charge in [0.1, 0.15) is 5.82 Å². The van der Waals surface area contributed by atoms with Crippen LogP contribution in [0.5, 0.6) is 0 Å². The summed E-state index contributed by atoms with van der Waals surface area (Å²) in [5.41, 5.74) is 2.36. The Morgan fingerprint density at radius 2 is 1.94 bits per heavy atom. The number of nitrogens with one attached hydrogen (secondary N) is 2. The Bertz CT molecular complexity index is 951. The van der Waals surface area contributed by atoms with Crippen molar-refractivity contribution < 1.29 is 9.59 Å². The highest BCUT2D eigenvalue weighted by molar-refractivity contribution is 5.90. The molecule has 0 spiro atoms.